The first-order valence-corrected chi connectivity index (χ1v) is 8.19. The smallest absolute Gasteiger partial charge is 0.0249 e. The van der Waals surface area contributed by atoms with Crippen molar-refractivity contribution in [1.29, 1.82) is 0 Å². The zero-order valence-electron chi connectivity index (χ0n) is 13.0. The quantitative estimate of drug-likeness (QED) is 0.695. The molecule has 2 nitrogen and oxygen atoms in total. The number of hydrogen-bond acceptors (Lipinski definition) is 2. The van der Waals surface area contributed by atoms with E-state index in [2.05, 4.69) is 38.0 Å². The van der Waals surface area contributed by atoms with Gasteiger partial charge in [-0.1, -0.05) is 40.0 Å². The normalized spacial score (nSPS) is 25.7. The van der Waals surface area contributed by atoms with Gasteiger partial charge in [0.25, 0.3) is 0 Å². The van der Waals surface area contributed by atoms with Gasteiger partial charge in [0, 0.05) is 18.1 Å². The maximum atomic E-state index is 3.80. The van der Waals surface area contributed by atoms with Gasteiger partial charge in [-0.25, -0.2) is 0 Å². The average molecular weight is 254 g/mol. The molecule has 0 amide bonds. The molecule has 0 aliphatic heterocycles. The van der Waals surface area contributed by atoms with Gasteiger partial charge in [-0.2, -0.15) is 0 Å². The number of rotatable bonds is 7. The second-order valence-corrected chi connectivity index (χ2v) is 5.90. The Kier molecular flexibility index (Phi) is 7.92. The van der Waals surface area contributed by atoms with Crippen molar-refractivity contribution < 1.29 is 0 Å². The van der Waals surface area contributed by atoms with Crippen molar-refractivity contribution in [1.82, 2.24) is 10.2 Å². The highest BCUT2D eigenvalue weighted by Crippen LogP contribution is 2.24. The van der Waals surface area contributed by atoms with E-state index in [4.69, 9.17) is 0 Å². The van der Waals surface area contributed by atoms with Gasteiger partial charge in [-0.15, -0.1) is 0 Å². The van der Waals surface area contributed by atoms with Crippen LogP contribution < -0.4 is 5.32 Å². The minimum absolute atomic E-state index is 0.720. The van der Waals surface area contributed by atoms with Gasteiger partial charge in [0.05, 0.1) is 0 Å². The van der Waals surface area contributed by atoms with E-state index in [1.165, 1.54) is 57.9 Å². The summed E-state index contributed by atoms with van der Waals surface area (Å²) < 4.78 is 0. The third kappa shape index (κ3) is 4.55. The highest BCUT2D eigenvalue weighted by Gasteiger charge is 2.29. The van der Waals surface area contributed by atoms with E-state index in [-0.39, 0.29) is 0 Å². The van der Waals surface area contributed by atoms with Crippen molar-refractivity contribution in [3.05, 3.63) is 0 Å². The lowest BCUT2D eigenvalue weighted by molar-refractivity contribution is 0.123. The fourth-order valence-corrected chi connectivity index (χ4v) is 3.48. The summed E-state index contributed by atoms with van der Waals surface area (Å²) in [6.07, 6.45) is 10.8. The third-order valence-corrected chi connectivity index (χ3v) is 4.68. The van der Waals surface area contributed by atoms with Crippen LogP contribution in [-0.4, -0.2) is 36.6 Å². The molecule has 1 aliphatic carbocycles. The van der Waals surface area contributed by atoms with Gasteiger partial charge in [0.2, 0.25) is 0 Å². The van der Waals surface area contributed by atoms with E-state index in [9.17, 15) is 0 Å². The Morgan fingerprint density at radius 3 is 2.33 bits per heavy atom. The lowest BCUT2D eigenvalue weighted by Crippen LogP contribution is -2.51. The predicted octanol–water partition coefficient (Wildman–Crippen LogP) is 3.81. The summed E-state index contributed by atoms with van der Waals surface area (Å²) in [6.45, 7) is 8.10. The Bertz CT molecular complexity index is 201. The zero-order valence-corrected chi connectivity index (χ0v) is 13.0. The van der Waals surface area contributed by atoms with Crippen molar-refractivity contribution in [3.63, 3.8) is 0 Å². The number of nitrogens with zero attached hydrogens (tertiary/aromatic N) is 1. The second kappa shape index (κ2) is 8.92. The molecular formula is C16H34N2. The number of nitrogens with one attached hydrogen (secondary N) is 1. The van der Waals surface area contributed by atoms with E-state index in [1.54, 1.807) is 0 Å². The molecule has 0 aromatic rings. The van der Waals surface area contributed by atoms with Crippen molar-refractivity contribution >= 4 is 0 Å². The molecule has 2 unspecified atom stereocenters. The zero-order chi connectivity index (χ0) is 13.4. The Hall–Kier alpha value is -0.0800. The maximum Gasteiger partial charge on any atom is 0.0249 e. The molecule has 1 fully saturated rings. The fourth-order valence-electron chi connectivity index (χ4n) is 3.48. The summed E-state index contributed by atoms with van der Waals surface area (Å²) >= 11 is 0. The van der Waals surface area contributed by atoms with Gasteiger partial charge in [0.15, 0.2) is 0 Å². The van der Waals surface area contributed by atoms with E-state index in [1.807, 2.05) is 0 Å². The van der Waals surface area contributed by atoms with Crippen LogP contribution in [0.25, 0.3) is 0 Å². The monoisotopic (exact) mass is 254 g/mol. The molecule has 1 N–H and O–H groups in total. The molecule has 0 heterocycles. The molecule has 2 atom stereocenters. The Morgan fingerprint density at radius 1 is 1.06 bits per heavy atom. The maximum absolute atomic E-state index is 3.80. The molecule has 0 spiro atoms. The molecule has 0 saturated heterocycles. The van der Waals surface area contributed by atoms with E-state index < -0.39 is 0 Å². The first kappa shape index (κ1) is 16.0. The summed E-state index contributed by atoms with van der Waals surface area (Å²) in [4.78, 5) is 2.68. The minimum Gasteiger partial charge on any atom is -0.312 e. The lowest BCUT2D eigenvalue weighted by atomic mass is 9.98. The molecule has 2 heteroatoms. The van der Waals surface area contributed by atoms with Crippen LogP contribution in [0, 0.1) is 0 Å². The van der Waals surface area contributed by atoms with Crippen molar-refractivity contribution in [2.24, 2.45) is 0 Å². The van der Waals surface area contributed by atoms with Crippen LogP contribution in [0.15, 0.2) is 0 Å². The molecule has 0 radical (unpaired) electrons. The first-order chi connectivity index (χ1) is 8.74. The highest BCUT2D eigenvalue weighted by atomic mass is 15.2. The fraction of sp³-hybridized carbons (Fsp3) is 1.00. The lowest BCUT2D eigenvalue weighted by Gasteiger charge is -2.38. The molecule has 1 saturated carbocycles. The molecule has 108 valence electrons. The highest BCUT2D eigenvalue weighted by molar-refractivity contribution is 4.88. The largest absolute Gasteiger partial charge is 0.312 e. The van der Waals surface area contributed by atoms with Gasteiger partial charge in [0.1, 0.15) is 0 Å². The van der Waals surface area contributed by atoms with Crippen molar-refractivity contribution in [2.45, 2.75) is 90.3 Å². The summed E-state index contributed by atoms with van der Waals surface area (Å²) in [5, 5.41) is 3.80. The second-order valence-electron chi connectivity index (χ2n) is 5.90. The summed E-state index contributed by atoms with van der Waals surface area (Å²) in [5.74, 6) is 0. The Labute approximate surface area is 115 Å². The SMILES string of the molecule is CCCNC1CCCCCC1N(C)C(CC)CC. The van der Waals surface area contributed by atoms with Crippen LogP contribution in [0.4, 0.5) is 0 Å². The van der Waals surface area contributed by atoms with Crippen LogP contribution in [0.5, 0.6) is 0 Å². The molecule has 0 bridgehead atoms. The summed E-state index contributed by atoms with van der Waals surface area (Å²) in [6, 6.07) is 2.24. The Morgan fingerprint density at radius 2 is 1.72 bits per heavy atom. The van der Waals surface area contributed by atoms with E-state index >= 15 is 0 Å². The number of likely N-dealkylation sites (N-methyl/N-ethyl adjacent to an activating group) is 1. The van der Waals surface area contributed by atoms with E-state index in [0.717, 1.165) is 18.1 Å². The van der Waals surface area contributed by atoms with Crippen molar-refractivity contribution in [2.75, 3.05) is 13.6 Å². The molecule has 0 aromatic carbocycles. The molecule has 1 rings (SSSR count). The van der Waals surface area contributed by atoms with Crippen molar-refractivity contribution in [3.8, 4) is 0 Å². The van der Waals surface area contributed by atoms with Crippen LogP contribution in [0.1, 0.15) is 72.1 Å². The van der Waals surface area contributed by atoms with Crippen LogP contribution in [0.3, 0.4) is 0 Å². The minimum atomic E-state index is 0.720. The van der Waals surface area contributed by atoms with Gasteiger partial charge in [-0.3, -0.25) is 4.90 Å². The first-order valence-electron chi connectivity index (χ1n) is 8.19. The summed E-state index contributed by atoms with van der Waals surface area (Å²) in [7, 11) is 2.36. The number of hydrogen-bond donors (Lipinski definition) is 1. The molecule has 0 aromatic heterocycles. The van der Waals surface area contributed by atoms with Gasteiger partial charge in [-0.05, 0) is 45.7 Å². The third-order valence-electron chi connectivity index (χ3n) is 4.68. The molecule has 18 heavy (non-hydrogen) atoms. The van der Waals surface area contributed by atoms with Gasteiger partial charge < -0.3 is 5.32 Å². The van der Waals surface area contributed by atoms with Crippen LogP contribution in [-0.2, 0) is 0 Å². The topological polar surface area (TPSA) is 15.3 Å². The Balaban J connectivity index is 2.64. The summed E-state index contributed by atoms with van der Waals surface area (Å²) in [5.41, 5.74) is 0. The predicted molar refractivity (Wildman–Crippen MR) is 81.1 cm³/mol. The molecular weight excluding hydrogens is 220 g/mol. The molecule has 1 aliphatic rings. The van der Waals surface area contributed by atoms with E-state index in [0.29, 0.717) is 0 Å². The standard InChI is InChI=1S/C16H34N2/c1-5-13-17-15-11-9-8-10-12-16(15)18(4)14(6-2)7-3/h14-17H,5-13H2,1-4H3. The van der Waals surface area contributed by atoms with Crippen LogP contribution >= 0.6 is 0 Å². The average Bonchev–Trinajstić information content (AvgIpc) is 2.62. The van der Waals surface area contributed by atoms with Crippen LogP contribution in [0.2, 0.25) is 0 Å². The van der Waals surface area contributed by atoms with Gasteiger partial charge >= 0.3 is 0 Å².